The number of carbonyl (C=O) groups excluding carboxylic acids is 1. The van der Waals surface area contributed by atoms with E-state index in [9.17, 15) is 13.6 Å². The summed E-state index contributed by atoms with van der Waals surface area (Å²) in [5.74, 6) is -2.17. The Morgan fingerprint density at radius 2 is 2.20 bits per heavy atom. The monoisotopic (exact) mass is 282 g/mol. The van der Waals surface area contributed by atoms with Gasteiger partial charge in [0.15, 0.2) is 11.6 Å². The Balaban J connectivity index is 2.09. The lowest BCUT2D eigenvalue weighted by atomic mass is 9.93. The number of amides is 1. The SMILES string of the molecule is CCNC1CCN(C(=O)c2cccc(F)c2F)CC1C. The first kappa shape index (κ1) is 14.9. The van der Waals surface area contributed by atoms with E-state index in [-0.39, 0.29) is 5.56 Å². The molecule has 0 radical (unpaired) electrons. The second-order valence-corrected chi connectivity index (χ2v) is 5.28. The van der Waals surface area contributed by atoms with Crippen LogP contribution in [0.1, 0.15) is 30.6 Å². The molecule has 2 atom stereocenters. The lowest BCUT2D eigenvalue weighted by Gasteiger charge is -2.37. The molecular formula is C15H20F2N2O. The van der Waals surface area contributed by atoms with Crippen LogP contribution in [0.3, 0.4) is 0 Å². The molecule has 1 N–H and O–H groups in total. The van der Waals surface area contributed by atoms with E-state index in [0.717, 1.165) is 19.0 Å². The fourth-order valence-electron chi connectivity index (χ4n) is 2.73. The molecule has 2 rings (SSSR count). The van der Waals surface area contributed by atoms with Crippen LogP contribution in [0.5, 0.6) is 0 Å². The summed E-state index contributed by atoms with van der Waals surface area (Å²) < 4.78 is 26.9. The maximum absolute atomic E-state index is 13.7. The minimum Gasteiger partial charge on any atom is -0.338 e. The molecule has 1 aliphatic heterocycles. The summed E-state index contributed by atoms with van der Waals surface area (Å²) in [7, 11) is 0. The minimum atomic E-state index is -1.06. The average Bonchev–Trinajstić information content (AvgIpc) is 2.43. The first-order chi connectivity index (χ1) is 9.54. The summed E-state index contributed by atoms with van der Waals surface area (Å²) in [4.78, 5) is 13.9. The van der Waals surface area contributed by atoms with Crippen LogP contribution in [0.15, 0.2) is 18.2 Å². The highest BCUT2D eigenvalue weighted by molar-refractivity contribution is 5.94. The number of nitrogens with zero attached hydrogens (tertiary/aromatic N) is 1. The van der Waals surface area contributed by atoms with E-state index in [1.807, 2.05) is 6.92 Å². The molecule has 1 fully saturated rings. The molecule has 1 saturated heterocycles. The molecule has 1 amide bonds. The number of likely N-dealkylation sites (tertiary alicyclic amines) is 1. The maximum Gasteiger partial charge on any atom is 0.256 e. The van der Waals surface area contributed by atoms with Gasteiger partial charge in [0.25, 0.3) is 5.91 Å². The normalized spacial score (nSPS) is 22.9. The zero-order valence-electron chi connectivity index (χ0n) is 11.8. The lowest BCUT2D eigenvalue weighted by Crippen LogP contribution is -2.50. The Morgan fingerprint density at radius 3 is 2.85 bits per heavy atom. The van der Waals surface area contributed by atoms with Gasteiger partial charge in [-0.1, -0.05) is 19.9 Å². The van der Waals surface area contributed by atoms with Gasteiger partial charge in [-0.15, -0.1) is 0 Å². The predicted octanol–water partition coefficient (Wildman–Crippen LogP) is 2.42. The first-order valence-electron chi connectivity index (χ1n) is 7.01. The molecule has 1 heterocycles. The predicted molar refractivity (Wildman–Crippen MR) is 73.5 cm³/mol. The summed E-state index contributed by atoms with van der Waals surface area (Å²) in [6.07, 6.45) is 0.831. The number of carbonyl (C=O) groups is 1. The molecule has 5 heteroatoms. The zero-order valence-corrected chi connectivity index (χ0v) is 11.8. The number of halogens is 2. The topological polar surface area (TPSA) is 32.3 Å². The van der Waals surface area contributed by atoms with Crippen molar-refractivity contribution >= 4 is 5.91 Å². The minimum absolute atomic E-state index is 0.181. The van der Waals surface area contributed by atoms with E-state index in [1.165, 1.54) is 12.1 Å². The fourth-order valence-corrected chi connectivity index (χ4v) is 2.73. The van der Waals surface area contributed by atoms with Gasteiger partial charge in [0.1, 0.15) is 0 Å². The molecule has 0 aliphatic carbocycles. The van der Waals surface area contributed by atoms with Crippen molar-refractivity contribution in [2.75, 3.05) is 19.6 Å². The average molecular weight is 282 g/mol. The van der Waals surface area contributed by atoms with Crippen LogP contribution < -0.4 is 5.32 Å². The number of nitrogens with one attached hydrogen (secondary N) is 1. The zero-order chi connectivity index (χ0) is 14.7. The summed E-state index contributed by atoms with van der Waals surface area (Å²) in [6.45, 7) is 6.13. The third-order valence-electron chi connectivity index (χ3n) is 3.84. The van der Waals surface area contributed by atoms with E-state index in [0.29, 0.717) is 25.0 Å². The van der Waals surface area contributed by atoms with Crippen molar-refractivity contribution < 1.29 is 13.6 Å². The third kappa shape index (κ3) is 2.98. The van der Waals surface area contributed by atoms with Crippen molar-refractivity contribution in [1.82, 2.24) is 10.2 Å². The van der Waals surface area contributed by atoms with Gasteiger partial charge in [0, 0.05) is 19.1 Å². The van der Waals surface area contributed by atoms with E-state index < -0.39 is 17.5 Å². The molecule has 1 aromatic carbocycles. The number of rotatable bonds is 3. The van der Waals surface area contributed by atoms with Gasteiger partial charge in [-0.25, -0.2) is 8.78 Å². The Labute approximate surface area is 118 Å². The third-order valence-corrected chi connectivity index (χ3v) is 3.84. The van der Waals surface area contributed by atoms with E-state index in [2.05, 4.69) is 12.2 Å². The highest BCUT2D eigenvalue weighted by Crippen LogP contribution is 2.20. The van der Waals surface area contributed by atoms with E-state index >= 15 is 0 Å². The Bertz CT molecular complexity index is 493. The van der Waals surface area contributed by atoms with E-state index in [1.54, 1.807) is 4.90 Å². The van der Waals surface area contributed by atoms with Crippen molar-refractivity contribution in [3.05, 3.63) is 35.4 Å². The summed E-state index contributed by atoms with van der Waals surface area (Å²) >= 11 is 0. The van der Waals surface area contributed by atoms with Crippen LogP contribution in [0, 0.1) is 17.6 Å². The van der Waals surface area contributed by atoms with Crippen molar-refractivity contribution in [2.45, 2.75) is 26.3 Å². The maximum atomic E-state index is 13.7. The van der Waals surface area contributed by atoms with E-state index in [4.69, 9.17) is 0 Å². The molecule has 0 spiro atoms. The number of piperidine rings is 1. The highest BCUT2D eigenvalue weighted by atomic mass is 19.2. The fraction of sp³-hybridized carbons (Fsp3) is 0.533. The van der Waals surface area contributed by atoms with Crippen molar-refractivity contribution in [3.63, 3.8) is 0 Å². The first-order valence-corrected chi connectivity index (χ1v) is 7.01. The number of benzene rings is 1. The molecule has 3 nitrogen and oxygen atoms in total. The lowest BCUT2D eigenvalue weighted by molar-refractivity contribution is 0.0640. The molecular weight excluding hydrogens is 262 g/mol. The van der Waals surface area contributed by atoms with Gasteiger partial charge in [-0.05, 0) is 31.0 Å². The van der Waals surface area contributed by atoms with Crippen LogP contribution >= 0.6 is 0 Å². The van der Waals surface area contributed by atoms with Gasteiger partial charge < -0.3 is 10.2 Å². The van der Waals surface area contributed by atoms with Gasteiger partial charge in [0.2, 0.25) is 0 Å². The highest BCUT2D eigenvalue weighted by Gasteiger charge is 2.30. The summed E-state index contributed by atoms with van der Waals surface area (Å²) in [5, 5.41) is 3.38. The van der Waals surface area contributed by atoms with Crippen LogP contribution in [0.2, 0.25) is 0 Å². The van der Waals surface area contributed by atoms with Gasteiger partial charge in [-0.2, -0.15) is 0 Å². The second-order valence-electron chi connectivity index (χ2n) is 5.28. The standard InChI is InChI=1S/C15H20F2N2O/c1-3-18-13-7-8-19(9-10(13)2)15(20)11-5-4-6-12(16)14(11)17/h4-6,10,13,18H,3,7-9H2,1-2H3. The second kappa shape index (κ2) is 6.31. The molecule has 0 bridgehead atoms. The van der Waals surface area contributed by atoms with Crippen molar-refractivity contribution in [1.29, 1.82) is 0 Å². The largest absolute Gasteiger partial charge is 0.338 e. The molecule has 0 aromatic heterocycles. The Kier molecular flexibility index (Phi) is 4.70. The van der Waals surface area contributed by atoms with Gasteiger partial charge >= 0.3 is 0 Å². The van der Waals surface area contributed by atoms with Crippen LogP contribution in [0.25, 0.3) is 0 Å². The molecule has 110 valence electrons. The van der Waals surface area contributed by atoms with Crippen LogP contribution in [-0.2, 0) is 0 Å². The molecule has 20 heavy (non-hydrogen) atoms. The van der Waals surface area contributed by atoms with Gasteiger partial charge in [0.05, 0.1) is 5.56 Å². The van der Waals surface area contributed by atoms with Crippen molar-refractivity contribution in [3.8, 4) is 0 Å². The number of hydrogen-bond donors (Lipinski definition) is 1. The summed E-state index contributed by atoms with van der Waals surface area (Å²) in [6, 6.07) is 4.09. The smallest absolute Gasteiger partial charge is 0.256 e. The number of hydrogen-bond acceptors (Lipinski definition) is 2. The molecule has 1 aliphatic rings. The van der Waals surface area contributed by atoms with Crippen LogP contribution in [-0.4, -0.2) is 36.5 Å². The molecule has 1 aromatic rings. The summed E-state index contributed by atoms with van der Waals surface area (Å²) in [5.41, 5.74) is -0.181. The molecule has 2 unspecified atom stereocenters. The Hall–Kier alpha value is -1.49. The molecule has 0 saturated carbocycles. The Morgan fingerprint density at radius 1 is 1.45 bits per heavy atom. The van der Waals surface area contributed by atoms with Gasteiger partial charge in [-0.3, -0.25) is 4.79 Å². The van der Waals surface area contributed by atoms with Crippen LogP contribution in [0.4, 0.5) is 8.78 Å². The quantitative estimate of drug-likeness (QED) is 0.923. The van der Waals surface area contributed by atoms with Crippen molar-refractivity contribution in [2.24, 2.45) is 5.92 Å².